The van der Waals surface area contributed by atoms with Crippen molar-refractivity contribution in [3.05, 3.63) is 24.3 Å². The standard InChI is InChI=1S/C9H7BrO/c10-7-6-9(8-11)4-2-1-3-5-9/h1-4,8H,5H2. The monoisotopic (exact) mass is 210 g/mol. The Kier molecular flexibility index (Phi) is 2.67. The van der Waals surface area contributed by atoms with Gasteiger partial charge in [-0.15, -0.1) is 0 Å². The first-order chi connectivity index (χ1) is 5.33. The van der Waals surface area contributed by atoms with Gasteiger partial charge >= 0.3 is 0 Å². The highest BCUT2D eigenvalue weighted by atomic mass is 79.9. The summed E-state index contributed by atoms with van der Waals surface area (Å²) in [6.45, 7) is 0. The van der Waals surface area contributed by atoms with E-state index in [1.165, 1.54) is 0 Å². The van der Waals surface area contributed by atoms with Gasteiger partial charge in [0, 0.05) is 15.9 Å². The number of rotatable bonds is 1. The van der Waals surface area contributed by atoms with Crippen LogP contribution in [0.4, 0.5) is 0 Å². The molecule has 11 heavy (non-hydrogen) atoms. The predicted octanol–water partition coefficient (Wildman–Crippen LogP) is 2.04. The summed E-state index contributed by atoms with van der Waals surface area (Å²) in [5, 5.41) is 0. The van der Waals surface area contributed by atoms with E-state index in [-0.39, 0.29) is 0 Å². The largest absolute Gasteiger partial charge is 0.301 e. The maximum atomic E-state index is 10.7. The van der Waals surface area contributed by atoms with Crippen molar-refractivity contribution < 1.29 is 4.79 Å². The average molecular weight is 211 g/mol. The van der Waals surface area contributed by atoms with Crippen LogP contribution in [0.5, 0.6) is 0 Å². The Balaban J connectivity index is 2.91. The summed E-state index contributed by atoms with van der Waals surface area (Å²) in [5.41, 5.74) is -0.585. The van der Waals surface area contributed by atoms with Gasteiger partial charge < -0.3 is 4.79 Å². The number of hydrogen-bond acceptors (Lipinski definition) is 1. The summed E-state index contributed by atoms with van der Waals surface area (Å²) in [7, 11) is 0. The normalized spacial score (nSPS) is 27.4. The van der Waals surface area contributed by atoms with E-state index in [0.717, 1.165) is 6.29 Å². The summed E-state index contributed by atoms with van der Waals surface area (Å²) in [5.74, 6) is 2.81. The molecule has 1 aliphatic carbocycles. The molecule has 0 spiro atoms. The number of allylic oxidation sites excluding steroid dienone is 4. The highest BCUT2D eigenvalue weighted by Crippen LogP contribution is 2.24. The van der Waals surface area contributed by atoms with Crippen molar-refractivity contribution in [1.82, 2.24) is 0 Å². The molecule has 1 aliphatic rings. The van der Waals surface area contributed by atoms with E-state index in [9.17, 15) is 4.79 Å². The minimum atomic E-state index is -0.585. The summed E-state index contributed by atoms with van der Waals surface area (Å²) in [6.07, 6.45) is 9.06. The Morgan fingerprint density at radius 3 is 2.82 bits per heavy atom. The topological polar surface area (TPSA) is 17.1 Å². The molecule has 0 heterocycles. The highest BCUT2D eigenvalue weighted by Gasteiger charge is 2.23. The lowest BCUT2D eigenvalue weighted by molar-refractivity contribution is -0.112. The zero-order valence-electron chi connectivity index (χ0n) is 5.88. The van der Waals surface area contributed by atoms with Gasteiger partial charge in [0.15, 0.2) is 0 Å². The minimum Gasteiger partial charge on any atom is -0.301 e. The van der Waals surface area contributed by atoms with Gasteiger partial charge in [-0.2, -0.15) is 0 Å². The third-order valence-electron chi connectivity index (χ3n) is 1.59. The summed E-state index contributed by atoms with van der Waals surface area (Å²) in [4.78, 5) is 13.2. The Labute approximate surface area is 74.3 Å². The van der Waals surface area contributed by atoms with Crippen LogP contribution in [0.2, 0.25) is 0 Å². The maximum absolute atomic E-state index is 10.7. The molecular weight excluding hydrogens is 204 g/mol. The van der Waals surface area contributed by atoms with Crippen molar-refractivity contribution in [2.75, 3.05) is 0 Å². The fourth-order valence-corrected chi connectivity index (χ4v) is 1.30. The summed E-state index contributed by atoms with van der Waals surface area (Å²) in [6, 6.07) is 0. The molecule has 0 aromatic carbocycles. The second kappa shape index (κ2) is 3.54. The van der Waals surface area contributed by atoms with Gasteiger partial charge in [-0.05, 0) is 11.3 Å². The van der Waals surface area contributed by atoms with E-state index < -0.39 is 5.41 Å². The van der Waals surface area contributed by atoms with Crippen LogP contribution in [0, 0.1) is 16.2 Å². The van der Waals surface area contributed by atoms with Gasteiger partial charge in [0.25, 0.3) is 0 Å². The summed E-state index contributed by atoms with van der Waals surface area (Å²) >= 11 is 2.98. The fourth-order valence-electron chi connectivity index (χ4n) is 0.934. The molecule has 0 amide bonds. The van der Waals surface area contributed by atoms with Gasteiger partial charge in [-0.25, -0.2) is 0 Å². The Bertz CT molecular complexity index is 267. The molecule has 0 N–H and O–H groups in total. The van der Waals surface area contributed by atoms with E-state index in [1.807, 2.05) is 24.3 Å². The van der Waals surface area contributed by atoms with Crippen LogP contribution >= 0.6 is 15.9 Å². The molecule has 0 bridgehead atoms. The SMILES string of the molecule is O=CC1(C#CBr)C=CC=CC1. The zero-order valence-corrected chi connectivity index (χ0v) is 7.47. The molecule has 1 unspecified atom stereocenters. The molecule has 0 fully saturated rings. The van der Waals surface area contributed by atoms with Crippen molar-refractivity contribution >= 4 is 22.2 Å². The lowest BCUT2D eigenvalue weighted by Gasteiger charge is -2.16. The summed E-state index contributed by atoms with van der Waals surface area (Å²) < 4.78 is 0. The number of halogens is 1. The van der Waals surface area contributed by atoms with Crippen LogP contribution in [0.15, 0.2) is 24.3 Å². The number of hydrogen-bond donors (Lipinski definition) is 0. The first-order valence-corrected chi connectivity index (χ1v) is 4.06. The van der Waals surface area contributed by atoms with Crippen LogP contribution < -0.4 is 0 Å². The van der Waals surface area contributed by atoms with Crippen LogP contribution in [0.3, 0.4) is 0 Å². The van der Waals surface area contributed by atoms with Crippen LogP contribution in [-0.4, -0.2) is 6.29 Å². The van der Waals surface area contributed by atoms with Gasteiger partial charge in [0.1, 0.15) is 11.7 Å². The first kappa shape index (κ1) is 8.29. The molecule has 0 aromatic heterocycles. The number of carbonyl (C=O) groups excluding carboxylic acids is 1. The molecule has 0 aromatic rings. The second-order valence-corrected chi connectivity index (χ2v) is 2.77. The third kappa shape index (κ3) is 1.81. The second-order valence-electron chi connectivity index (χ2n) is 2.37. The maximum Gasteiger partial charge on any atom is 0.142 e. The third-order valence-corrected chi connectivity index (χ3v) is 1.78. The van der Waals surface area contributed by atoms with Crippen LogP contribution in [0.25, 0.3) is 0 Å². The van der Waals surface area contributed by atoms with Crippen molar-refractivity contribution in [2.45, 2.75) is 6.42 Å². The van der Waals surface area contributed by atoms with Crippen LogP contribution in [-0.2, 0) is 4.79 Å². The van der Waals surface area contributed by atoms with E-state index in [1.54, 1.807) is 0 Å². The lowest BCUT2D eigenvalue weighted by atomic mass is 9.84. The lowest BCUT2D eigenvalue weighted by Crippen LogP contribution is -2.17. The van der Waals surface area contributed by atoms with Gasteiger partial charge in [-0.3, -0.25) is 0 Å². The minimum absolute atomic E-state index is 0.585. The predicted molar refractivity (Wildman–Crippen MR) is 48.1 cm³/mol. The Morgan fingerprint density at radius 1 is 1.55 bits per heavy atom. The molecule has 0 aliphatic heterocycles. The van der Waals surface area contributed by atoms with Gasteiger partial charge in [0.05, 0.1) is 0 Å². The van der Waals surface area contributed by atoms with Crippen molar-refractivity contribution in [2.24, 2.45) is 5.41 Å². The van der Waals surface area contributed by atoms with Crippen molar-refractivity contribution in [1.29, 1.82) is 0 Å². The molecule has 1 nitrogen and oxygen atoms in total. The Morgan fingerprint density at radius 2 is 2.36 bits per heavy atom. The molecule has 0 saturated carbocycles. The molecule has 1 atom stereocenters. The van der Waals surface area contributed by atoms with Crippen LogP contribution in [0.1, 0.15) is 6.42 Å². The molecule has 2 heteroatoms. The van der Waals surface area contributed by atoms with E-state index in [4.69, 9.17) is 0 Å². The number of aldehydes is 1. The van der Waals surface area contributed by atoms with E-state index in [0.29, 0.717) is 6.42 Å². The van der Waals surface area contributed by atoms with E-state index in [2.05, 4.69) is 26.7 Å². The molecule has 0 radical (unpaired) electrons. The smallest absolute Gasteiger partial charge is 0.142 e. The molecule has 0 saturated heterocycles. The highest BCUT2D eigenvalue weighted by molar-refractivity contribution is 9.12. The van der Waals surface area contributed by atoms with Gasteiger partial charge in [0.2, 0.25) is 0 Å². The molecule has 56 valence electrons. The average Bonchev–Trinajstić information content (AvgIpc) is 2.07. The quantitative estimate of drug-likeness (QED) is 0.479. The first-order valence-electron chi connectivity index (χ1n) is 3.26. The fraction of sp³-hybridized carbons (Fsp3) is 0.222. The van der Waals surface area contributed by atoms with Crippen molar-refractivity contribution in [3.8, 4) is 10.8 Å². The zero-order chi connectivity index (χ0) is 8.16. The van der Waals surface area contributed by atoms with Crippen molar-refractivity contribution in [3.63, 3.8) is 0 Å². The van der Waals surface area contributed by atoms with Gasteiger partial charge in [-0.1, -0.05) is 30.2 Å². The van der Waals surface area contributed by atoms with E-state index >= 15 is 0 Å². The number of carbonyl (C=O) groups is 1. The Hall–Kier alpha value is -0.810. The molecule has 1 rings (SSSR count). The molecular formula is C9H7BrO.